The van der Waals surface area contributed by atoms with Gasteiger partial charge in [-0.05, 0) is 18.6 Å². The quantitative estimate of drug-likeness (QED) is 0.843. The van der Waals surface area contributed by atoms with E-state index in [1.807, 2.05) is 6.92 Å². The van der Waals surface area contributed by atoms with E-state index in [9.17, 15) is 8.42 Å². The standard InChI is InChI=1S/C10H12N4O2S/c1-7-3-10(12-5-9(7)11)14-6-8(4-13-14)17(2,15)16/h3-6H,11H2,1-2H3. The molecule has 0 bridgehead atoms. The van der Waals surface area contributed by atoms with Crippen LogP contribution in [0.25, 0.3) is 5.82 Å². The van der Waals surface area contributed by atoms with Gasteiger partial charge in [0.25, 0.3) is 0 Å². The molecule has 2 aromatic heterocycles. The summed E-state index contributed by atoms with van der Waals surface area (Å²) in [4.78, 5) is 4.25. The molecule has 2 rings (SSSR count). The number of hydrogen-bond donors (Lipinski definition) is 1. The molecule has 0 fully saturated rings. The molecule has 7 heteroatoms. The summed E-state index contributed by atoms with van der Waals surface area (Å²) in [6.45, 7) is 1.85. The van der Waals surface area contributed by atoms with Gasteiger partial charge in [-0.15, -0.1) is 0 Å². The molecule has 0 spiro atoms. The fourth-order valence-corrected chi connectivity index (χ4v) is 1.83. The summed E-state index contributed by atoms with van der Waals surface area (Å²) in [5.74, 6) is 0.534. The molecule has 2 N–H and O–H groups in total. The van der Waals surface area contributed by atoms with E-state index in [0.717, 1.165) is 11.8 Å². The second kappa shape index (κ2) is 3.85. The smallest absolute Gasteiger partial charge is 0.178 e. The van der Waals surface area contributed by atoms with E-state index in [0.29, 0.717) is 11.5 Å². The highest BCUT2D eigenvalue weighted by atomic mass is 32.2. The highest BCUT2D eigenvalue weighted by Crippen LogP contribution is 2.14. The summed E-state index contributed by atoms with van der Waals surface area (Å²) < 4.78 is 24.0. The number of sulfone groups is 1. The lowest BCUT2D eigenvalue weighted by Crippen LogP contribution is -2.01. The molecule has 0 aliphatic rings. The van der Waals surface area contributed by atoms with Crippen molar-refractivity contribution >= 4 is 15.5 Å². The SMILES string of the molecule is Cc1cc(-n2cc(S(C)(=O)=O)cn2)ncc1N. The number of anilines is 1. The number of nitrogens with two attached hydrogens (primary N) is 1. The number of aromatic nitrogens is 3. The monoisotopic (exact) mass is 252 g/mol. The third kappa shape index (κ3) is 2.28. The highest BCUT2D eigenvalue weighted by Gasteiger charge is 2.11. The molecule has 90 valence electrons. The Labute approximate surface area is 99.0 Å². The highest BCUT2D eigenvalue weighted by molar-refractivity contribution is 7.90. The minimum Gasteiger partial charge on any atom is -0.397 e. The van der Waals surface area contributed by atoms with Crippen molar-refractivity contribution in [2.75, 3.05) is 12.0 Å². The van der Waals surface area contributed by atoms with Gasteiger partial charge < -0.3 is 5.73 Å². The number of nitrogen functional groups attached to an aromatic ring is 1. The van der Waals surface area contributed by atoms with Gasteiger partial charge in [0.2, 0.25) is 0 Å². The van der Waals surface area contributed by atoms with Gasteiger partial charge in [-0.2, -0.15) is 5.10 Å². The van der Waals surface area contributed by atoms with Gasteiger partial charge in [-0.3, -0.25) is 0 Å². The Hall–Kier alpha value is -1.89. The van der Waals surface area contributed by atoms with Gasteiger partial charge in [0.1, 0.15) is 4.90 Å². The van der Waals surface area contributed by atoms with E-state index in [-0.39, 0.29) is 4.90 Å². The third-order valence-corrected chi connectivity index (χ3v) is 3.43. The third-order valence-electron chi connectivity index (χ3n) is 2.36. The minimum atomic E-state index is -3.24. The normalized spacial score (nSPS) is 11.6. The molecule has 0 aliphatic heterocycles. The van der Waals surface area contributed by atoms with E-state index in [2.05, 4.69) is 10.1 Å². The maximum absolute atomic E-state index is 11.3. The molecule has 0 atom stereocenters. The molecule has 2 aromatic rings. The van der Waals surface area contributed by atoms with Crippen LogP contribution in [0.2, 0.25) is 0 Å². The summed E-state index contributed by atoms with van der Waals surface area (Å²) in [7, 11) is -3.24. The van der Waals surface area contributed by atoms with Gasteiger partial charge in [0, 0.05) is 6.26 Å². The second-order valence-corrected chi connectivity index (χ2v) is 5.81. The number of rotatable bonds is 2. The van der Waals surface area contributed by atoms with E-state index in [4.69, 9.17) is 5.73 Å². The molecule has 0 unspecified atom stereocenters. The molecule has 0 saturated carbocycles. The number of pyridine rings is 1. The minimum absolute atomic E-state index is 0.161. The molecule has 2 heterocycles. The largest absolute Gasteiger partial charge is 0.397 e. The molecule has 0 amide bonds. The Morgan fingerprint density at radius 1 is 1.35 bits per heavy atom. The zero-order chi connectivity index (χ0) is 12.6. The predicted molar refractivity (Wildman–Crippen MR) is 63.6 cm³/mol. The van der Waals surface area contributed by atoms with Crippen molar-refractivity contribution in [1.82, 2.24) is 14.8 Å². The summed E-state index contributed by atoms with van der Waals surface area (Å²) in [6.07, 6.45) is 5.37. The number of hydrogen-bond acceptors (Lipinski definition) is 5. The van der Waals surface area contributed by atoms with Crippen LogP contribution in [-0.4, -0.2) is 29.4 Å². The molecule has 0 saturated heterocycles. The summed E-state index contributed by atoms with van der Waals surface area (Å²) in [5, 5.41) is 3.96. The lowest BCUT2D eigenvalue weighted by molar-refractivity contribution is 0.602. The van der Waals surface area contributed by atoms with E-state index >= 15 is 0 Å². The van der Waals surface area contributed by atoms with E-state index in [1.165, 1.54) is 23.3 Å². The average molecular weight is 252 g/mol. The first kappa shape index (κ1) is 11.6. The fraction of sp³-hybridized carbons (Fsp3) is 0.200. The van der Waals surface area contributed by atoms with Crippen LogP contribution in [0, 0.1) is 6.92 Å². The van der Waals surface area contributed by atoms with Crippen molar-refractivity contribution in [3.8, 4) is 5.82 Å². The van der Waals surface area contributed by atoms with Gasteiger partial charge in [-0.25, -0.2) is 18.1 Å². The fourth-order valence-electron chi connectivity index (χ4n) is 1.30. The first-order chi connectivity index (χ1) is 7.88. The molecule has 17 heavy (non-hydrogen) atoms. The molecular weight excluding hydrogens is 240 g/mol. The van der Waals surface area contributed by atoms with Crippen LogP contribution in [0.5, 0.6) is 0 Å². The van der Waals surface area contributed by atoms with Crippen molar-refractivity contribution in [2.45, 2.75) is 11.8 Å². The van der Waals surface area contributed by atoms with Crippen molar-refractivity contribution in [2.24, 2.45) is 0 Å². The van der Waals surface area contributed by atoms with Crippen LogP contribution >= 0.6 is 0 Å². The Morgan fingerprint density at radius 3 is 2.59 bits per heavy atom. The van der Waals surface area contributed by atoms with E-state index < -0.39 is 9.84 Å². The topological polar surface area (TPSA) is 90.9 Å². The number of nitrogens with zero attached hydrogens (tertiary/aromatic N) is 3. The summed E-state index contributed by atoms with van der Waals surface area (Å²) in [5.41, 5.74) is 7.11. The van der Waals surface area contributed by atoms with Crippen LogP contribution in [0.15, 0.2) is 29.6 Å². The Bertz CT molecular complexity index is 661. The molecular formula is C10H12N4O2S. The summed E-state index contributed by atoms with van der Waals surface area (Å²) in [6, 6.07) is 1.74. The lowest BCUT2D eigenvalue weighted by Gasteiger charge is -2.03. The Balaban J connectivity index is 2.47. The maximum atomic E-state index is 11.3. The van der Waals surface area contributed by atoms with Crippen molar-refractivity contribution in [1.29, 1.82) is 0 Å². The molecule has 0 radical (unpaired) electrons. The zero-order valence-electron chi connectivity index (χ0n) is 9.45. The first-order valence-electron chi connectivity index (χ1n) is 4.85. The van der Waals surface area contributed by atoms with Gasteiger partial charge in [-0.1, -0.05) is 0 Å². The zero-order valence-corrected chi connectivity index (χ0v) is 10.3. The molecule has 0 aromatic carbocycles. The first-order valence-corrected chi connectivity index (χ1v) is 6.74. The van der Waals surface area contributed by atoms with Crippen LogP contribution in [0.4, 0.5) is 5.69 Å². The van der Waals surface area contributed by atoms with Crippen molar-refractivity contribution in [3.05, 3.63) is 30.2 Å². The summed E-state index contributed by atoms with van der Waals surface area (Å²) >= 11 is 0. The van der Waals surface area contributed by atoms with Crippen LogP contribution in [0.1, 0.15) is 5.56 Å². The average Bonchev–Trinajstić information content (AvgIpc) is 2.70. The number of aryl methyl sites for hydroxylation is 1. The predicted octanol–water partition coefficient (Wildman–Crippen LogP) is 0.561. The van der Waals surface area contributed by atoms with Crippen molar-refractivity contribution < 1.29 is 8.42 Å². The second-order valence-electron chi connectivity index (χ2n) is 3.79. The van der Waals surface area contributed by atoms with Crippen LogP contribution in [0.3, 0.4) is 0 Å². The van der Waals surface area contributed by atoms with Gasteiger partial charge in [0.05, 0.1) is 24.3 Å². The van der Waals surface area contributed by atoms with Crippen LogP contribution < -0.4 is 5.73 Å². The molecule has 6 nitrogen and oxygen atoms in total. The van der Waals surface area contributed by atoms with Crippen molar-refractivity contribution in [3.63, 3.8) is 0 Å². The van der Waals surface area contributed by atoms with Gasteiger partial charge in [0.15, 0.2) is 15.7 Å². The molecule has 0 aliphatic carbocycles. The maximum Gasteiger partial charge on any atom is 0.178 e. The van der Waals surface area contributed by atoms with E-state index in [1.54, 1.807) is 6.07 Å². The van der Waals surface area contributed by atoms with Crippen LogP contribution in [-0.2, 0) is 9.84 Å². The lowest BCUT2D eigenvalue weighted by atomic mass is 10.2. The Morgan fingerprint density at radius 2 is 2.06 bits per heavy atom. The Kier molecular flexibility index (Phi) is 2.62. The van der Waals surface area contributed by atoms with Gasteiger partial charge >= 0.3 is 0 Å².